The van der Waals surface area contributed by atoms with Crippen molar-refractivity contribution in [2.24, 2.45) is 0 Å². The predicted octanol–water partition coefficient (Wildman–Crippen LogP) is 6.08. The lowest BCUT2D eigenvalue weighted by Crippen LogP contribution is -2.23. The second-order valence-corrected chi connectivity index (χ2v) is 9.45. The van der Waals surface area contributed by atoms with Crippen molar-refractivity contribution in [1.82, 2.24) is 14.1 Å². The highest BCUT2D eigenvalue weighted by atomic mass is 32.2. The number of aromatic nitrogens is 3. The zero-order valence-electron chi connectivity index (χ0n) is 19.9. The van der Waals surface area contributed by atoms with Crippen molar-refractivity contribution in [1.29, 1.82) is 0 Å². The van der Waals surface area contributed by atoms with Gasteiger partial charge in [-0.15, -0.1) is 0 Å². The SMILES string of the molecule is Cc1ccccc1-n1c(SCC(=O)c2cc(C)n(-c3ccccc3)c2C)nc2ccccc2c1=O. The van der Waals surface area contributed by atoms with Crippen LogP contribution in [0.4, 0.5) is 0 Å². The van der Waals surface area contributed by atoms with Crippen LogP contribution in [0.25, 0.3) is 22.3 Å². The van der Waals surface area contributed by atoms with Gasteiger partial charge in [0.25, 0.3) is 5.56 Å². The topological polar surface area (TPSA) is 56.9 Å². The molecule has 0 aliphatic heterocycles. The summed E-state index contributed by atoms with van der Waals surface area (Å²) in [5, 5.41) is 1.06. The third kappa shape index (κ3) is 4.21. The van der Waals surface area contributed by atoms with Crippen LogP contribution in [0.2, 0.25) is 0 Å². The van der Waals surface area contributed by atoms with Gasteiger partial charge in [-0.05, 0) is 62.7 Å². The van der Waals surface area contributed by atoms with Gasteiger partial charge in [0.1, 0.15) is 0 Å². The van der Waals surface area contributed by atoms with E-state index in [0.29, 0.717) is 21.6 Å². The molecule has 2 aromatic heterocycles. The average molecular weight is 480 g/mol. The molecular formula is C29H25N3O2S. The van der Waals surface area contributed by atoms with Crippen LogP contribution in [0.15, 0.2) is 94.9 Å². The number of fused-ring (bicyclic) bond motifs is 1. The number of aryl methyl sites for hydroxylation is 2. The Labute approximate surface area is 208 Å². The van der Waals surface area contributed by atoms with Gasteiger partial charge in [0.15, 0.2) is 10.9 Å². The minimum absolute atomic E-state index is 0.00372. The number of rotatable bonds is 6. The minimum atomic E-state index is -0.137. The van der Waals surface area contributed by atoms with E-state index < -0.39 is 0 Å². The molecule has 0 bridgehead atoms. The number of Topliss-reactive ketones (excluding diaryl/α,β-unsaturated/α-hetero) is 1. The van der Waals surface area contributed by atoms with Crippen molar-refractivity contribution in [3.63, 3.8) is 0 Å². The van der Waals surface area contributed by atoms with Gasteiger partial charge in [-0.1, -0.05) is 60.3 Å². The molecule has 174 valence electrons. The van der Waals surface area contributed by atoms with Crippen LogP contribution in [-0.2, 0) is 0 Å². The first-order valence-electron chi connectivity index (χ1n) is 11.4. The number of benzene rings is 3. The molecule has 0 amide bonds. The zero-order chi connectivity index (χ0) is 24.5. The molecule has 0 spiro atoms. The largest absolute Gasteiger partial charge is 0.318 e. The second-order valence-electron chi connectivity index (χ2n) is 8.51. The fraction of sp³-hybridized carbons (Fsp3) is 0.138. The van der Waals surface area contributed by atoms with Crippen LogP contribution in [0.5, 0.6) is 0 Å². The molecule has 0 radical (unpaired) electrons. The molecule has 5 nitrogen and oxygen atoms in total. The molecule has 0 aliphatic carbocycles. The molecule has 0 saturated heterocycles. The molecular weight excluding hydrogens is 454 g/mol. The Morgan fingerprint density at radius 3 is 2.31 bits per heavy atom. The monoisotopic (exact) mass is 479 g/mol. The fourth-order valence-corrected chi connectivity index (χ4v) is 5.35. The van der Waals surface area contributed by atoms with Crippen molar-refractivity contribution < 1.29 is 4.79 Å². The molecule has 5 aromatic rings. The lowest BCUT2D eigenvalue weighted by atomic mass is 10.2. The molecule has 3 aromatic carbocycles. The quantitative estimate of drug-likeness (QED) is 0.168. The normalized spacial score (nSPS) is 11.2. The highest BCUT2D eigenvalue weighted by Crippen LogP contribution is 2.26. The maximum absolute atomic E-state index is 13.5. The predicted molar refractivity (Wildman–Crippen MR) is 142 cm³/mol. The lowest BCUT2D eigenvalue weighted by Gasteiger charge is -2.15. The molecule has 0 saturated carbocycles. The maximum atomic E-state index is 13.5. The summed E-state index contributed by atoms with van der Waals surface area (Å²) in [4.78, 5) is 31.6. The number of para-hydroxylation sites is 3. The molecule has 35 heavy (non-hydrogen) atoms. The van der Waals surface area contributed by atoms with E-state index in [1.165, 1.54) is 11.8 Å². The summed E-state index contributed by atoms with van der Waals surface area (Å²) in [6, 6.07) is 27.0. The van der Waals surface area contributed by atoms with Crippen LogP contribution >= 0.6 is 11.8 Å². The summed E-state index contributed by atoms with van der Waals surface area (Å²) in [6.45, 7) is 5.94. The third-order valence-electron chi connectivity index (χ3n) is 6.18. The smallest absolute Gasteiger partial charge is 0.266 e. The first kappa shape index (κ1) is 22.9. The standard InChI is InChI=1S/C29H25N3O2S/c1-19-11-7-10-16-26(19)32-28(34)23-14-8-9-15-25(23)30-29(32)35-18-27(33)24-17-20(2)31(21(24)3)22-12-5-4-6-13-22/h4-17H,18H2,1-3H3. The van der Waals surface area contributed by atoms with E-state index in [4.69, 9.17) is 4.98 Å². The van der Waals surface area contributed by atoms with Crippen LogP contribution in [0.3, 0.4) is 0 Å². The average Bonchev–Trinajstić information content (AvgIpc) is 3.17. The van der Waals surface area contributed by atoms with Crippen molar-refractivity contribution in [2.45, 2.75) is 25.9 Å². The Balaban J connectivity index is 1.53. The van der Waals surface area contributed by atoms with Crippen molar-refractivity contribution in [2.75, 3.05) is 5.75 Å². The first-order valence-corrected chi connectivity index (χ1v) is 12.4. The summed E-state index contributed by atoms with van der Waals surface area (Å²) >= 11 is 1.30. The number of carbonyl (C=O) groups excluding carboxylic acids is 1. The van der Waals surface area contributed by atoms with Crippen molar-refractivity contribution >= 4 is 28.4 Å². The molecule has 0 atom stereocenters. The number of ketones is 1. The maximum Gasteiger partial charge on any atom is 0.266 e. The molecule has 5 rings (SSSR count). The summed E-state index contributed by atoms with van der Waals surface area (Å²) in [5.74, 6) is 0.180. The Hall–Kier alpha value is -3.90. The summed E-state index contributed by atoms with van der Waals surface area (Å²) in [5.41, 5.74) is 5.84. The number of carbonyl (C=O) groups is 1. The van der Waals surface area contributed by atoms with E-state index in [1.807, 2.05) is 99.6 Å². The van der Waals surface area contributed by atoms with Crippen LogP contribution in [-0.4, -0.2) is 25.7 Å². The molecule has 0 N–H and O–H groups in total. The van der Waals surface area contributed by atoms with E-state index in [-0.39, 0.29) is 17.1 Å². The van der Waals surface area contributed by atoms with E-state index in [9.17, 15) is 9.59 Å². The minimum Gasteiger partial charge on any atom is -0.318 e. The Morgan fingerprint density at radius 2 is 1.54 bits per heavy atom. The molecule has 0 fully saturated rings. The van der Waals surface area contributed by atoms with Crippen LogP contribution < -0.4 is 5.56 Å². The number of hydrogen-bond donors (Lipinski definition) is 0. The van der Waals surface area contributed by atoms with Gasteiger partial charge in [-0.2, -0.15) is 0 Å². The van der Waals surface area contributed by atoms with Gasteiger partial charge in [0.05, 0.1) is 22.3 Å². The molecule has 2 heterocycles. The van der Waals surface area contributed by atoms with E-state index in [1.54, 1.807) is 10.6 Å². The highest BCUT2D eigenvalue weighted by molar-refractivity contribution is 7.99. The first-order chi connectivity index (χ1) is 17.0. The highest BCUT2D eigenvalue weighted by Gasteiger charge is 2.20. The lowest BCUT2D eigenvalue weighted by molar-refractivity contribution is 0.102. The zero-order valence-corrected chi connectivity index (χ0v) is 20.7. The van der Waals surface area contributed by atoms with Gasteiger partial charge in [0.2, 0.25) is 0 Å². The van der Waals surface area contributed by atoms with Gasteiger partial charge in [-0.25, -0.2) is 4.98 Å². The molecule has 0 aliphatic rings. The van der Waals surface area contributed by atoms with Crippen LogP contribution in [0.1, 0.15) is 27.3 Å². The van der Waals surface area contributed by atoms with E-state index >= 15 is 0 Å². The van der Waals surface area contributed by atoms with Gasteiger partial charge >= 0.3 is 0 Å². The van der Waals surface area contributed by atoms with E-state index in [2.05, 4.69) is 4.57 Å². The molecule has 6 heteroatoms. The Morgan fingerprint density at radius 1 is 0.857 bits per heavy atom. The Bertz CT molecular complexity index is 1620. The molecule has 0 unspecified atom stereocenters. The number of thioether (sulfide) groups is 1. The van der Waals surface area contributed by atoms with Crippen LogP contribution in [0, 0.1) is 20.8 Å². The fourth-order valence-electron chi connectivity index (χ4n) is 4.46. The Kier molecular flexibility index (Phi) is 6.14. The summed E-state index contributed by atoms with van der Waals surface area (Å²) in [6.07, 6.45) is 0. The third-order valence-corrected chi connectivity index (χ3v) is 7.12. The summed E-state index contributed by atoms with van der Waals surface area (Å²) < 4.78 is 3.72. The van der Waals surface area contributed by atoms with E-state index in [0.717, 1.165) is 28.3 Å². The van der Waals surface area contributed by atoms with Gasteiger partial charge < -0.3 is 4.57 Å². The van der Waals surface area contributed by atoms with Crippen molar-refractivity contribution in [3.8, 4) is 11.4 Å². The van der Waals surface area contributed by atoms with Gasteiger partial charge in [0, 0.05) is 22.6 Å². The second kappa shape index (κ2) is 9.39. The number of hydrogen-bond acceptors (Lipinski definition) is 4. The summed E-state index contributed by atoms with van der Waals surface area (Å²) in [7, 11) is 0. The van der Waals surface area contributed by atoms with Gasteiger partial charge in [-0.3, -0.25) is 14.2 Å². The number of nitrogens with zero attached hydrogens (tertiary/aromatic N) is 3. The van der Waals surface area contributed by atoms with Crippen molar-refractivity contribution in [3.05, 3.63) is 118 Å².